The average molecular weight is 484 g/mol. The number of piperidine rings is 1. The van der Waals surface area contributed by atoms with E-state index in [1.807, 2.05) is 0 Å². The normalized spacial score (nSPS) is 23.7. The second kappa shape index (κ2) is 12.6. The fraction of sp³-hybridized carbons (Fsp3) is 0.565. The van der Waals surface area contributed by atoms with Gasteiger partial charge in [0.2, 0.25) is 11.8 Å². The van der Waals surface area contributed by atoms with Gasteiger partial charge in [-0.25, -0.2) is 0 Å². The Kier molecular flexibility index (Phi) is 9.81. The molecule has 0 spiro atoms. The van der Waals surface area contributed by atoms with Crippen LogP contribution in [0.4, 0.5) is 0 Å². The van der Waals surface area contributed by atoms with Gasteiger partial charge in [-0.05, 0) is 43.6 Å². The van der Waals surface area contributed by atoms with Gasteiger partial charge >= 0.3 is 0 Å². The number of rotatable bonds is 9. The van der Waals surface area contributed by atoms with Gasteiger partial charge in [-0.2, -0.15) is 0 Å². The van der Waals surface area contributed by atoms with Crippen molar-refractivity contribution in [1.82, 2.24) is 15.5 Å². The number of hydrogen-bond donors (Lipinski definition) is 3. The van der Waals surface area contributed by atoms with Gasteiger partial charge in [0, 0.05) is 19.5 Å². The Morgan fingerprint density at radius 3 is 2.59 bits per heavy atom. The van der Waals surface area contributed by atoms with E-state index in [-0.39, 0.29) is 24.8 Å². The number of carbonyl (C=O) groups is 2. The molecule has 32 heavy (non-hydrogen) atoms. The van der Waals surface area contributed by atoms with Gasteiger partial charge in [-0.3, -0.25) is 9.59 Å². The SMILES string of the molecule is O=C(C[C@@H]1C=C[C@H](NC(=O)CCN2CCCCC2)[C@H](CO)O1)NCc1ccc(Cl)c(Cl)c1. The smallest absolute Gasteiger partial charge is 0.223 e. The van der Waals surface area contributed by atoms with Crippen LogP contribution < -0.4 is 10.6 Å². The van der Waals surface area contributed by atoms with Crippen LogP contribution in [0.2, 0.25) is 10.0 Å². The van der Waals surface area contributed by atoms with Crippen LogP contribution in [0.5, 0.6) is 0 Å². The van der Waals surface area contributed by atoms with Crippen molar-refractivity contribution in [2.75, 3.05) is 26.2 Å². The third kappa shape index (κ3) is 7.74. The summed E-state index contributed by atoms with van der Waals surface area (Å²) in [6, 6.07) is 4.78. The molecule has 2 heterocycles. The van der Waals surface area contributed by atoms with E-state index in [1.54, 1.807) is 30.4 Å². The molecule has 2 aliphatic rings. The van der Waals surface area contributed by atoms with Crippen LogP contribution in [-0.4, -0.2) is 66.3 Å². The molecule has 0 aromatic heterocycles. The average Bonchev–Trinajstić information content (AvgIpc) is 2.80. The maximum Gasteiger partial charge on any atom is 0.223 e. The minimum Gasteiger partial charge on any atom is -0.394 e. The molecule has 3 N–H and O–H groups in total. The third-order valence-corrected chi connectivity index (χ3v) is 6.49. The van der Waals surface area contributed by atoms with Gasteiger partial charge in [0.25, 0.3) is 0 Å². The molecule has 2 amide bonds. The highest BCUT2D eigenvalue weighted by atomic mass is 35.5. The van der Waals surface area contributed by atoms with Crippen LogP contribution in [0.15, 0.2) is 30.4 Å². The van der Waals surface area contributed by atoms with Gasteiger partial charge in [-0.15, -0.1) is 0 Å². The molecule has 0 aliphatic carbocycles. The van der Waals surface area contributed by atoms with Crippen LogP contribution >= 0.6 is 23.2 Å². The van der Waals surface area contributed by atoms with Crippen LogP contribution in [0.3, 0.4) is 0 Å². The molecule has 7 nitrogen and oxygen atoms in total. The highest BCUT2D eigenvalue weighted by Crippen LogP contribution is 2.22. The van der Waals surface area contributed by atoms with Crippen LogP contribution in [-0.2, 0) is 20.9 Å². The first-order chi connectivity index (χ1) is 15.4. The predicted octanol–water partition coefficient (Wildman–Crippen LogP) is 2.68. The molecule has 9 heteroatoms. The summed E-state index contributed by atoms with van der Waals surface area (Å²) in [5.41, 5.74) is 0.841. The van der Waals surface area contributed by atoms with E-state index in [1.165, 1.54) is 19.3 Å². The number of halogens is 2. The molecule has 0 bridgehead atoms. The molecule has 1 aromatic rings. The summed E-state index contributed by atoms with van der Waals surface area (Å²) in [4.78, 5) is 27.0. The third-order valence-electron chi connectivity index (χ3n) is 5.75. The number of likely N-dealkylation sites (tertiary alicyclic amines) is 1. The van der Waals surface area contributed by atoms with E-state index in [0.717, 1.165) is 25.2 Å². The summed E-state index contributed by atoms with van der Waals surface area (Å²) in [5.74, 6) is -0.253. The maximum atomic E-state index is 12.3. The summed E-state index contributed by atoms with van der Waals surface area (Å²) < 4.78 is 5.84. The highest BCUT2D eigenvalue weighted by molar-refractivity contribution is 6.42. The molecule has 0 saturated carbocycles. The summed E-state index contributed by atoms with van der Waals surface area (Å²) in [6.45, 7) is 2.92. The molecule has 3 atom stereocenters. The Morgan fingerprint density at radius 1 is 1.09 bits per heavy atom. The van der Waals surface area contributed by atoms with Gasteiger partial charge in [0.15, 0.2) is 0 Å². The Balaban J connectivity index is 1.42. The number of benzene rings is 1. The Bertz CT molecular complexity index is 814. The number of amides is 2. The number of aliphatic hydroxyl groups is 1. The summed E-state index contributed by atoms with van der Waals surface area (Å²) in [7, 11) is 0. The number of ether oxygens (including phenoxy) is 1. The maximum absolute atomic E-state index is 12.3. The highest BCUT2D eigenvalue weighted by Gasteiger charge is 2.29. The van der Waals surface area contributed by atoms with Crippen molar-refractivity contribution in [2.45, 2.75) is 56.9 Å². The van der Waals surface area contributed by atoms with Crippen molar-refractivity contribution in [3.63, 3.8) is 0 Å². The second-order valence-corrected chi connectivity index (χ2v) is 9.07. The minimum atomic E-state index is -0.591. The first-order valence-electron chi connectivity index (χ1n) is 11.1. The van der Waals surface area contributed by atoms with Crippen LogP contribution in [0, 0.1) is 0 Å². The number of nitrogens with one attached hydrogen (secondary N) is 2. The Labute approximate surface area is 199 Å². The first kappa shape index (κ1) is 25.0. The standard InChI is InChI=1S/C23H31Cl2N3O4/c24-18-6-4-16(12-19(18)25)14-26-23(31)13-17-5-7-20(21(15-29)32-17)27-22(30)8-11-28-9-2-1-3-10-28/h4-7,12,17,20-21,29H,1-3,8-11,13-15H2,(H,26,31)(H,27,30)/t17-,20-,21-/m0/s1. The number of aliphatic hydroxyl groups excluding tert-OH is 1. The van der Waals surface area contributed by atoms with E-state index in [9.17, 15) is 14.7 Å². The summed E-state index contributed by atoms with van der Waals surface area (Å²) >= 11 is 11.9. The largest absolute Gasteiger partial charge is 0.394 e. The topological polar surface area (TPSA) is 90.9 Å². The summed E-state index contributed by atoms with van der Waals surface area (Å²) in [5, 5.41) is 16.4. The van der Waals surface area contributed by atoms with Crippen LogP contribution in [0.1, 0.15) is 37.7 Å². The number of nitrogens with zero attached hydrogens (tertiary/aromatic N) is 1. The fourth-order valence-electron chi connectivity index (χ4n) is 3.94. The van der Waals surface area contributed by atoms with Gasteiger partial charge < -0.3 is 25.4 Å². The van der Waals surface area contributed by atoms with Crippen LogP contribution in [0.25, 0.3) is 0 Å². The number of hydrogen-bond acceptors (Lipinski definition) is 5. The molecule has 176 valence electrons. The number of carbonyl (C=O) groups excluding carboxylic acids is 2. The van der Waals surface area contributed by atoms with E-state index in [0.29, 0.717) is 23.0 Å². The monoisotopic (exact) mass is 483 g/mol. The van der Waals surface area contributed by atoms with Crippen molar-refractivity contribution in [2.24, 2.45) is 0 Å². The van der Waals surface area contributed by atoms with Crippen molar-refractivity contribution in [1.29, 1.82) is 0 Å². The Morgan fingerprint density at radius 2 is 1.88 bits per heavy atom. The molecule has 0 unspecified atom stereocenters. The van der Waals surface area contributed by atoms with Gasteiger partial charge in [-0.1, -0.05) is 47.8 Å². The lowest BCUT2D eigenvalue weighted by Crippen LogP contribution is -2.49. The molecule has 2 aliphatic heterocycles. The molecular weight excluding hydrogens is 453 g/mol. The second-order valence-electron chi connectivity index (χ2n) is 8.26. The lowest BCUT2D eigenvalue weighted by molar-refractivity contribution is -0.128. The van der Waals surface area contributed by atoms with E-state index in [2.05, 4.69) is 15.5 Å². The Hall–Kier alpha value is -1.64. The predicted molar refractivity (Wildman–Crippen MR) is 125 cm³/mol. The first-order valence-corrected chi connectivity index (χ1v) is 11.9. The molecule has 3 rings (SSSR count). The zero-order chi connectivity index (χ0) is 22.9. The lowest BCUT2D eigenvalue weighted by Gasteiger charge is -2.32. The van der Waals surface area contributed by atoms with Gasteiger partial charge in [0.1, 0.15) is 6.10 Å². The summed E-state index contributed by atoms with van der Waals surface area (Å²) in [6.07, 6.45) is 6.69. The van der Waals surface area contributed by atoms with Crippen molar-refractivity contribution in [3.8, 4) is 0 Å². The van der Waals surface area contributed by atoms with Crippen molar-refractivity contribution < 1.29 is 19.4 Å². The van der Waals surface area contributed by atoms with Gasteiger partial charge in [0.05, 0.1) is 35.2 Å². The molecule has 1 aromatic carbocycles. The van der Waals surface area contributed by atoms with E-state index < -0.39 is 18.2 Å². The quantitative estimate of drug-likeness (QED) is 0.469. The zero-order valence-corrected chi connectivity index (χ0v) is 19.6. The fourth-order valence-corrected chi connectivity index (χ4v) is 4.26. The van der Waals surface area contributed by atoms with E-state index >= 15 is 0 Å². The molecule has 0 radical (unpaired) electrons. The van der Waals surface area contributed by atoms with Crippen molar-refractivity contribution >= 4 is 35.0 Å². The van der Waals surface area contributed by atoms with E-state index in [4.69, 9.17) is 27.9 Å². The molecule has 1 saturated heterocycles. The minimum absolute atomic E-state index is 0.0647. The van der Waals surface area contributed by atoms with Crippen molar-refractivity contribution in [3.05, 3.63) is 46.0 Å². The molecular formula is C23H31Cl2N3O4. The molecule has 1 fully saturated rings. The lowest BCUT2D eigenvalue weighted by atomic mass is 10.0. The zero-order valence-electron chi connectivity index (χ0n) is 18.1.